The summed E-state index contributed by atoms with van der Waals surface area (Å²) in [6.07, 6.45) is 1.20. The number of halogens is 1. The van der Waals surface area contributed by atoms with Crippen molar-refractivity contribution < 1.29 is 19.1 Å². The van der Waals surface area contributed by atoms with Crippen molar-refractivity contribution >= 4 is 40.9 Å². The third-order valence-electron chi connectivity index (χ3n) is 3.16. The predicted octanol–water partition coefficient (Wildman–Crippen LogP) is 2.96. The normalized spacial score (nSPS) is 18.7. The number of nitrogens with zero attached hydrogens (tertiary/aromatic N) is 1. The average Bonchev–Trinajstić information content (AvgIpc) is 2.92. The molecule has 1 aromatic rings. The average molecular weight is 350 g/mol. The minimum atomic E-state index is -0.730. The molecule has 0 spiro atoms. The lowest BCUT2D eigenvalue weighted by atomic mass is 9.97. The number of thioether (sulfide) groups is 1. The minimum absolute atomic E-state index is 0.248. The van der Waals surface area contributed by atoms with Gasteiger partial charge in [0.25, 0.3) is 0 Å². The fraction of sp³-hybridized carbons (Fsp3) is 0.188. The summed E-state index contributed by atoms with van der Waals surface area (Å²) in [5.74, 6) is -1.10. The van der Waals surface area contributed by atoms with E-state index in [2.05, 4.69) is 10.8 Å². The number of rotatable bonds is 3. The molecule has 0 bridgehead atoms. The first-order valence-corrected chi connectivity index (χ1v) is 7.72. The lowest BCUT2D eigenvalue weighted by molar-refractivity contribution is -0.139. The van der Waals surface area contributed by atoms with Crippen LogP contribution in [0.5, 0.6) is 0 Å². The topological polar surface area (TPSA) is 76.4 Å². The monoisotopic (exact) mass is 349 g/mol. The van der Waals surface area contributed by atoms with Crippen molar-refractivity contribution in [2.24, 2.45) is 0 Å². The largest absolute Gasteiger partial charge is 0.468 e. The zero-order valence-electron chi connectivity index (χ0n) is 12.3. The third kappa shape index (κ3) is 3.58. The van der Waals surface area contributed by atoms with E-state index in [9.17, 15) is 14.9 Å². The van der Waals surface area contributed by atoms with Gasteiger partial charge in [0.1, 0.15) is 11.3 Å². The quantitative estimate of drug-likeness (QED) is 0.616. The van der Waals surface area contributed by atoms with Crippen LogP contribution in [0.2, 0.25) is 5.02 Å². The Balaban J connectivity index is 2.61. The molecule has 23 heavy (non-hydrogen) atoms. The van der Waals surface area contributed by atoms with Gasteiger partial charge in [-0.1, -0.05) is 23.7 Å². The fourth-order valence-electron chi connectivity index (χ4n) is 2.09. The van der Waals surface area contributed by atoms with Crippen molar-refractivity contribution in [1.29, 1.82) is 5.26 Å². The SMILES string of the molecule is COC(=O)/C=C1/S[C@H](C(=O)OC)C(c2ccc(Cl)cc2)=C1C#N. The highest BCUT2D eigenvalue weighted by atomic mass is 35.5. The molecule has 7 heteroatoms. The van der Waals surface area contributed by atoms with E-state index < -0.39 is 17.2 Å². The van der Waals surface area contributed by atoms with Gasteiger partial charge in [-0.15, -0.1) is 11.8 Å². The summed E-state index contributed by atoms with van der Waals surface area (Å²) in [5, 5.41) is 9.30. The Labute approximate surface area is 142 Å². The standard InChI is InChI=1S/C16H12ClNO4S/c1-21-13(19)7-12-11(8-18)14(15(23-12)16(20)22-2)9-3-5-10(17)6-4-9/h3-7,15H,1-2H3/b12-7+/t15-/m0/s1. The van der Waals surface area contributed by atoms with Crippen LogP contribution in [0, 0.1) is 11.3 Å². The maximum Gasteiger partial charge on any atom is 0.331 e. The van der Waals surface area contributed by atoms with Gasteiger partial charge < -0.3 is 9.47 Å². The zero-order chi connectivity index (χ0) is 17.0. The van der Waals surface area contributed by atoms with Crippen LogP contribution in [0.4, 0.5) is 0 Å². The van der Waals surface area contributed by atoms with E-state index in [1.54, 1.807) is 24.3 Å². The molecule has 0 saturated heterocycles. The first kappa shape index (κ1) is 17.1. The van der Waals surface area contributed by atoms with Gasteiger partial charge >= 0.3 is 11.9 Å². The number of allylic oxidation sites excluding steroid dienone is 1. The second kappa shape index (κ2) is 7.36. The van der Waals surface area contributed by atoms with Gasteiger partial charge in [-0.3, -0.25) is 4.79 Å². The molecular formula is C16H12ClNO4S. The maximum atomic E-state index is 12.1. The minimum Gasteiger partial charge on any atom is -0.468 e. The van der Waals surface area contributed by atoms with E-state index in [1.807, 2.05) is 0 Å². The van der Waals surface area contributed by atoms with Crippen molar-refractivity contribution in [3.05, 3.63) is 51.4 Å². The fourth-order valence-corrected chi connectivity index (χ4v) is 3.48. The zero-order valence-corrected chi connectivity index (χ0v) is 13.9. The molecule has 0 aromatic heterocycles. The molecule has 0 aliphatic carbocycles. The first-order chi connectivity index (χ1) is 11.0. The predicted molar refractivity (Wildman–Crippen MR) is 87.5 cm³/mol. The van der Waals surface area contributed by atoms with Crippen LogP contribution in [0.25, 0.3) is 5.57 Å². The molecule has 1 aromatic carbocycles. The van der Waals surface area contributed by atoms with Crippen LogP contribution in [-0.4, -0.2) is 31.4 Å². The smallest absolute Gasteiger partial charge is 0.331 e. The molecule has 1 atom stereocenters. The number of hydrogen-bond donors (Lipinski definition) is 0. The van der Waals surface area contributed by atoms with Gasteiger partial charge in [-0.05, 0) is 17.7 Å². The van der Waals surface area contributed by atoms with Crippen molar-refractivity contribution in [1.82, 2.24) is 0 Å². The summed E-state index contributed by atoms with van der Waals surface area (Å²) < 4.78 is 9.40. The van der Waals surface area contributed by atoms with E-state index in [1.165, 1.54) is 20.3 Å². The van der Waals surface area contributed by atoms with Gasteiger partial charge in [0.2, 0.25) is 0 Å². The molecule has 0 fully saturated rings. The van der Waals surface area contributed by atoms with Crippen LogP contribution < -0.4 is 0 Å². The molecule has 0 saturated carbocycles. The Morgan fingerprint density at radius 1 is 1.26 bits per heavy atom. The molecule has 1 aliphatic heterocycles. The number of benzene rings is 1. The molecule has 2 rings (SSSR count). The van der Waals surface area contributed by atoms with Crippen LogP contribution in [0.15, 0.2) is 40.8 Å². The van der Waals surface area contributed by atoms with Crippen molar-refractivity contribution in [3.63, 3.8) is 0 Å². The maximum absolute atomic E-state index is 12.1. The molecule has 0 amide bonds. The second-order valence-corrected chi connectivity index (χ2v) is 6.04. The van der Waals surface area contributed by atoms with Gasteiger partial charge in [-0.2, -0.15) is 5.26 Å². The molecular weight excluding hydrogens is 338 g/mol. The summed E-state index contributed by atoms with van der Waals surface area (Å²) in [7, 11) is 2.52. The van der Waals surface area contributed by atoms with E-state index >= 15 is 0 Å². The highest BCUT2D eigenvalue weighted by Crippen LogP contribution is 2.47. The number of esters is 2. The molecule has 1 aliphatic rings. The molecule has 0 radical (unpaired) electrons. The number of ether oxygens (including phenoxy) is 2. The summed E-state index contributed by atoms with van der Waals surface area (Å²) in [4.78, 5) is 23.9. The lowest BCUT2D eigenvalue weighted by Crippen LogP contribution is -2.18. The Hall–Kier alpha value is -2.23. The molecule has 0 unspecified atom stereocenters. The Kier molecular flexibility index (Phi) is 5.48. The van der Waals surface area contributed by atoms with Crippen molar-refractivity contribution in [2.75, 3.05) is 14.2 Å². The molecule has 0 N–H and O–H groups in total. The highest BCUT2D eigenvalue weighted by Gasteiger charge is 2.37. The summed E-state index contributed by atoms with van der Waals surface area (Å²) >= 11 is 6.96. The first-order valence-electron chi connectivity index (χ1n) is 6.46. The van der Waals surface area contributed by atoms with Gasteiger partial charge in [0.15, 0.2) is 0 Å². The van der Waals surface area contributed by atoms with E-state index in [0.717, 1.165) is 11.8 Å². The number of methoxy groups -OCH3 is 2. The summed E-state index contributed by atoms with van der Waals surface area (Å²) in [5.41, 5.74) is 1.41. The highest BCUT2D eigenvalue weighted by molar-refractivity contribution is 8.05. The van der Waals surface area contributed by atoms with Gasteiger partial charge in [0.05, 0.1) is 19.8 Å². The second-order valence-electron chi connectivity index (χ2n) is 4.46. The van der Waals surface area contributed by atoms with Gasteiger partial charge in [-0.25, -0.2) is 4.79 Å². The lowest BCUT2D eigenvalue weighted by Gasteiger charge is -2.11. The van der Waals surface area contributed by atoms with Crippen LogP contribution >= 0.6 is 23.4 Å². The van der Waals surface area contributed by atoms with Crippen molar-refractivity contribution in [3.8, 4) is 6.07 Å². The summed E-state index contributed by atoms with van der Waals surface area (Å²) in [6, 6.07) is 8.82. The van der Waals surface area contributed by atoms with E-state index in [-0.39, 0.29) is 5.57 Å². The molecule has 5 nitrogen and oxygen atoms in total. The molecule has 118 valence electrons. The number of hydrogen-bond acceptors (Lipinski definition) is 6. The Morgan fingerprint density at radius 2 is 1.91 bits per heavy atom. The van der Waals surface area contributed by atoms with Crippen LogP contribution in [-0.2, 0) is 19.1 Å². The number of nitriles is 1. The Morgan fingerprint density at radius 3 is 2.43 bits per heavy atom. The third-order valence-corrected chi connectivity index (χ3v) is 4.65. The number of carbonyl (C=O) groups excluding carboxylic acids is 2. The Bertz CT molecular complexity index is 746. The summed E-state index contributed by atoms with van der Waals surface area (Å²) in [6.45, 7) is 0. The number of carbonyl (C=O) groups is 2. The molecule has 1 heterocycles. The van der Waals surface area contributed by atoms with E-state index in [0.29, 0.717) is 21.1 Å². The van der Waals surface area contributed by atoms with E-state index in [4.69, 9.17) is 16.3 Å². The van der Waals surface area contributed by atoms with Crippen LogP contribution in [0.3, 0.4) is 0 Å². The van der Waals surface area contributed by atoms with Crippen molar-refractivity contribution in [2.45, 2.75) is 5.25 Å². The van der Waals surface area contributed by atoms with Crippen LogP contribution in [0.1, 0.15) is 5.56 Å². The van der Waals surface area contributed by atoms with Gasteiger partial charge in [0, 0.05) is 21.6 Å².